The summed E-state index contributed by atoms with van der Waals surface area (Å²) in [5.41, 5.74) is 0.421. The van der Waals surface area contributed by atoms with E-state index in [-0.39, 0.29) is 29.5 Å². The van der Waals surface area contributed by atoms with E-state index in [1.807, 2.05) is 17.5 Å². The molecule has 6 nitrogen and oxygen atoms in total. The zero-order chi connectivity index (χ0) is 15.9. The minimum absolute atomic E-state index is 0.0391. The maximum Gasteiger partial charge on any atom is 0.352 e. The molecule has 22 heavy (non-hydrogen) atoms. The molecule has 1 fully saturated rings. The van der Waals surface area contributed by atoms with Gasteiger partial charge in [-0.25, -0.2) is 4.79 Å². The quantitative estimate of drug-likeness (QED) is 0.663. The van der Waals surface area contributed by atoms with Gasteiger partial charge in [0, 0.05) is 23.1 Å². The van der Waals surface area contributed by atoms with Crippen molar-refractivity contribution in [2.75, 3.05) is 12.4 Å². The Balaban J connectivity index is 1.88. The smallest absolute Gasteiger partial charge is 0.352 e. The molecular formula is C14H13NO5S2. The monoisotopic (exact) mass is 339 g/mol. The number of fused-ring (bicyclic) bond motifs is 1. The summed E-state index contributed by atoms with van der Waals surface area (Å²) < 4.78 is 4.89. The van der Waals surface area contributed by atoms with Crippen LogP contribution in [0.15, 0.2) is 28.8 Å². The molecular weight excluding hydrogens is 326 g/mol. The first-order valence-electron chi connectivity index (χ1n) is 6.57. The van der Waals surface area contributed by atoms with E-state index in [1.165, 1.54) is 34.9 Å². The lowest BCUT2D eigenvalue weighted by Crippen LogP contribution is -2.59. The highest BCUT2D eigenvalue weighted by Crippen LogP contribution is 2.49. The highest BCUT2D eigenvalue weighted by Gasteiger charge is 2.54. The number of nitrogens with zero attached hydrogens (tertiary/aromatic N) is 1. The van der Waals surface area contributed by atoms with Crippen molar-refractivity contribution in [2.45, 2.75) is 18.2 Å². The number of esters is 1. The number of β-lactam (4-membered cyclic amide) rings is 1. The van der Waals surface area contributed by atoms with E-state index in [4.69, 9.17) is 4.74 Å². The molecule has 0 bridgehead atoms. The topological polar surface area (TPSA) is 83.9 Å². The number of carbonyl (C=O) groups is 3. The van der Waals surface area contributed by atoms with E-state index in [1.54, 1.807) is 0 Å². The van der Waals surface area contributed by atoms with Gasteiger partial charge in [-0.2, -0.15) is 0 Å². The van der Waals surface area contributed by atoms with E-state index in [0.717, 1.165) is 4.88 Å². The second kappa shape index (κ2) is 5.77. The Hall–Kier alpha value is -1.80. The summed E-state index contributed by atoms with van der Waals surface area (Å²) in [6.07, 6.45) is 0. The van der Waals surface area contributed by atoms with E-state index in [9.17, 15) is 19.5 Å². The third-order valence-electron chi connectivity index (χ3n) is 3.55. The summed E-state index contributed by atoms with van der Waals surface area (Å²) in [7, 11) is 0. The standard InChI is InChI=1S/C14H13NO5S2/c1-7(16)20-5-8-6-22-13-10(9-3-2-4-21-9)12(17)15(13)11(8)14(18)19/h2-4,10,13H,5-6H2,1H3,(H,18,19)/t10-,13+/m1/s1. The van der Waals surface area contributed by atoms with Gasteiger partial charge in [0.2, 0.25) is 5.91 Å². The molecule has 3 heterocycles. The van der Waals surface area contributed by atoms with Gasteiger partial charge in [-0.15, -0.1) is 23.1 Å². The zero-order valence-electron chi connectivity index (χ0n) is 11.6. The molecule has 3 rings (SSSR count). The summed E-state index contributed by atoms with van der Waals surface area (Å²) >= 11 is 3.00. The fourth-order valence-corrected chi connectivity index (χ4v) is 4.92. The molecule has 2 atom stereocenters. The molecule has 1 aromatic rings. The summed E-state index contributed by atoms with van der Waals surface area (Å²) in [5.74, 6) is -1.70. The lowest BCUT2D eigenvalue weighted by molar-refractivity contribution is -0.148. The molecule has 2 aliphatic rings. The van der Waals surface area contributed by atoms with Crippen LogP contribution < -0.4 is 0 Å². The molecule has 0 spiro atoms. The van der Waals surface area contributed by atoms with E-state index >= 15 is 0 Å². The summed E-state index contributed by atoms with van der Waals surface area (Å²) in [6, 6.07) is 3.77. The van der Waals surface area contributed by atoms with Crippen LogP contribution in [0.5, 0.6) is 0 Å². The average Bonchev–Trinajstić information content (AvgIpc) is 2.97. The Morgan fingerprint density at radius 2 is 2.27 bits per heavy atom. The highest BCUT2D eigenvalue weighted by atomic mass is 32.2. The maximum atomic E-state index is 12.4. The maximum absolute atomic E-state index is 12.4. The van der Waals surface area contributed by atoms with Crippen LogP contribution in [0.1, 0.15) is 17.7 Å². The zero-order valence-corrected chi connectivity index (χ0v) is 13.3. The molecule has 0 aromatic carbocycles. The molecule has 116 valence electrons. The van der Waals surface area contributed by atoms with Crippen LogP contribution in [0.3, 0.4) is 0 Å². The number of carboxylic acids is 1. The van der Waals surface area contributed by atoms with Crippen LogP contribution in [0.4, 0.5) is 0 Å². The van der Waals surface area contributed by atoms with Crippen LogP contribution in [0.2, 0.25) is 0 Å². The largest absolute Gasteiger partial charge is 0.477 e. The molecule has 0 unspecified atom stereocenters. The number of carbonyl (C=O) groups excluding carboxylic acids is 2. The first-order valence-corrected chi connectivity index (χ1v) is 8.50. The van der Waals surface area contributed by atoms with Crippen LogP contribution in [-0.4, -0.2) is 45.6 Å². The van der Waals surface area contributed by atoms with Crippen LogP contribution in [0.25, 0.3) is 0 Å². The van der Waals surface area contributed by atoms with Gasteiger partial charge in [-0.3, -0.25) is 14.5 Å². The Labute approximate surface area is 134 Å². The number of thiophene rings is 1. The molecule has 1 amide bonds. The number of aliphatic carboxylic acids is 1. The van der Waals surface area contributed by atoms with Crippen molar-refractivity contribution in [2.24, 2.45) is 0 Å². The van der Waals surface area contributed by atoms with Gasteiger partial charge < -0.3 is 9.84 Å². The third-order valence-corrected chi connectivity index (χ3v) is 5.84. The van der Waals surface area contributed by atoms with Crippen molar-refractivity contribution in [1.29, 1.82) is 0 Å². The lowest BCUT2D eigenvalue weighted by Gasteiger charge is -2.49. The molecule has 0 radical (unpaired) electrons. The average molecular weight is 339 g/mol. The minimum atomic E-state index is -1.16. The number of rotatable bonds is 4. The molecule has 0 aliphatic carbocycles. The predicted octanol–water partition coefficient (Wildman–Crippen LogP) is 1.65. The molecule has 1 saturated heterocycles. The summed E-state index contributed by atoms with van der Waals surface area (Å²) in [6.45, 7) is 1.17. The van der Waals surface area contributed by atoms with Gasteiger partial charge in [-0.1, -0.05) is 6.07 Å². The first kappa shape index (κ1) is 15.1. The SMILES string of the molecule is CC(=O)OCC1=C(C(=O)O)N2C(=O)[C@@H](c3cccs3)[C@@H]2SC1. The van der Waals surface area contributed by atoms with E-state index < -0.39 is 11.9 Å². The van der Waals surface area contributed by atoms with Crippen molar-refractivity contribution in [3.05, 3.63) is 33.7 Å². The second-order valence-corrected chi connectivity index (χ2v) is 7.02. The number of hydrogen-bond donors (Lipinski definition) is 1. The van der Waals surface area contributed by atoms with Crippen LogP contribution in [0, 0.1) is 0 Å². The molecule has 1 aromatic heterocycles. The Bertz CT molecular complexity index is 667. The molecule has 2 aliphatic heterocycles. The second-order valence-electron chi connectivity index (χ2n) is 4.94. The van der Waals surface area contributed by atoms with Crippen LogP contribution in [-0.2, 0) is 19.1 Å². The number of carboxylic acid groups (broad SMARTS) is 1. The van der Waals surface area contributed by atoms with E-state index in [2.05, 4.69) is 0 Å². The third kappa shape index (κ3) is 2.42. The van der Waals surface area contributed by atoms with Gasteiger partial charge in [0.05, 0.1) is 5.37 Å². The Morgan fingerprint density at radius 1 is 1.50 bits per heavy atom. The first-order chi connectivity index (χ1) is 10.5. The highest BCUT2D eigenvalue weighted by molar-refractivity contribution is 8.00. The van der Waals surface area contributed by atoms with Crippen LogP contribution >= 0.6 is 23.1 Å². The van der Waals surface area contributed by atoms with Crippen molar-refractivity contribution in [3.63, 3.8) is 0 Å². The summed E-state index contributed by atoms with van der Waals surface area (Å²) in [4.78, 5) is 37.1. The van der Waals surface area contributed by atoms with Crippen molar-refractivity contribution < 1.29 is 24.2 Å². The fourth-order valence-electron chi connectivity index (χ4n) is 2.58. The van der Waals surface area contributed by atoms with Gasteiger partial charge in [0.1, 0.15) is 18.2 Å². The number of thioether (sulfide) groups is 1. The fraction of sp³-hybridized carbons (Fsp3) is 0.357. The summed E-state index contributed by atoms with van der Waals surface area (Å²) in [5, 5.41) is 11.1. The molecule has 8 heteroatoms. The molecule has 0 saturated carbocycles. The lowest BCUT2D eigenvalue weighted by atomic mass is 9.94. The van der Waals surface area contributed by atoms with Gasteiger partial charge in [0.15, 0.2) is 0 Å². The number of amides is 1. The molecule has 1 N–H and O–H groups in total. The number of hydrogen-bond acceptors (Lipinski definition) is 6. The van der Waals surface area contributed by atoms with E-state index in [0.29, 0.717) is 11.3 Å². The van der Waals surface area contributed by atoms with Gasteiger partial charge in [0.25, 0.3) is 0 Å². The minimum Gasteiger partial charge on any atom is -0.477 e. The van der Waals surface area contributed by atoms with Gasteiger partial charge >= 0.3 is 11.9 Å². The van der Waals surface area contributed by atoms with Crippen molar-refractivity contribution in [1.82, 2.24) is 4.90 Å². The van der Waals surface area contributed by atoms with Crippen molar-refractivity contribution >= 4 is 40.9 Å². The normalized spacial score (nSPS) is 23.9. The van der Waals surface area contributed by atoms with Gasteiger partial charge in [-0.05, 0) is 11.4 Å². The Morgan fingerprint density at radius 3 is 2.86 bits per heavy atom. The number of ether oxygens (including phenoxy) is 1. The predicted molar refractivity (Wildman–Crippen MR) is 81.4 cm³/mol. The van der Waals surface area contributed by atoms with Crippen molar-refractivity contribution in [3.8, 4) is 0 Å². The Kier molecular flexibility index (Phi) is 3.96.